The van der Waals surface area contributed by atoms with Gasteiger partial charge in [-0.1, -0.05) is 23.2 Å². The van der Waals surface area contributed by atoms with Crippen LogP contribution in [-0.4, -0.2) is 62.3 Å². The van der Waals surface area contributed by atoms with Crippen LogP contribution in [0.5, 0.6) is 0 Å². The Morgan fingerprint density at radius 3 is 2.17 bits per heavy atom. The maximum atomic E-state index is 13.7. The Labute approximate surface area is 183 Å². The maximum Gasteiger partial charge on any atom is 0.341 e. The summed E-state index contributed by atoms with van der Waals surface area (Å²) in [5.41, 5.74) is -0.328. The highest BCUT2D eigenvalue weighted by molar-refractivity contribution is 7.89. The Balaban J connectivity index is 1.54. The van der Waals surface area contributed by atoms with Crippen LogP contribution < -0.4 is 0 Å². The molecule has 0 unspecified atom stereocenters. The number of halogens is 3. The first-order chi connectivity index (χ1) is 14.2. The van der Waals surface area contributed by atoms with Crippen molar-refractivity contribution in [3.05, 3.63) is 63.9 Å². The molecule has 0 aliphatic carbocycles. The summed E-state index contributed by atoms with van der Waals surface area (Å²) in [6, 6.07) is 9.31. The second-order valence-corrected chi connectivity index (χ2v) is 9.25. The molecular weight excluding hydrogens is 458 g/mol. The lowest BCUT2D eigenvalue weighted by atomic mass is 10.2. The van der Waals surface area contributed by atoms with Crippen molar-refractivity contribution in [1.29, 1.82) is 0 Å². The van der Waals surface area contributed by atoms with Crippen molar-refractivity contribution in [3.8, 4) is 0 Å². The summed E-state index contributed by atoms with van der Waals surface area (Å²) in [4.78, 5) is 25.7. The molecule has 1 heterocycles. The summed E-state index contributed by atoms with van der Waals surface area (Å²) in [5, 5.41) is 0.559. The molecule has 0 radical (unpaired) electrons. The lowest BCUT2D eigenvalue weighted by Crippen LogP contribution is -2.51. The largest absolute Gasteiger partial charge is 0.452 e. The third-order valence-electron chi connectivity index (χ3n) is 4.52. The first-order valence-corrected chi connectivity index (χ1v) is 11.0. The van der Waals surface area contributed by atoms with E-state index in [0.29, 0.717) is 5.02 Å². The molecule has 7 nitrogen and oxygen atoms in total. The number of carbonyl (C=O) groups excluding carboxylic acids is 2. The van der Waals surface area contributed by atoms with Gasteiger partial charge >= 0.3 is 5.97 Å². The van der Waals surface area contributed by atoms with Gasteiger partial charge in [-0.15, -0.1) is 0 Å². The predicted octanol–water partition coefficient (Wildman–Crippen LogP) is 2.82. The zero-order valence-corrected chi connectivity index (χ0v) is 17.9. The minimum Gasteiger partial charge on any atom is -0.452 e. The number of hydrogen-bond donors (Lipinski definition) is 0. The zero-order chi connectivity index (χ0) is 21.9. The van der Waals surface area contributed by atoms with E-state index in [4.69, 9.17) is 27.9 Å². The van der Waals surface area contributed by atoms with Crippen molar-refractivity contribution in [2.24, 2.45) is 0 Å². The number of benzene rings is 2. The van der Waals surface area contributed by atoms with E-state index in [1.54, 1.807) is 0 Å². The molecule has 1 amide bonds. The van der Waals surface area contributed by atoms with E-state index < -0.39 is 34.3 Å². The van der Waals surface area contributed by atoms with Crippen LogP contribution in [0.4, 0.5) is 4.39 Å². The predicted molar refractivity (Wildman–Crippen MR) is 108 cm³/mol. The van der Waals surface area contributed by atoms with Gasteiger partial charge in [-0.05, 0) is 42.5 Å². The van der Waals surface area contributed by atoms with E-state index in [-0.39, 0.29) is 41.7 Å². The minimum absolute atomic E-state index is 0.0937. The van der Waals surface area contributed by atoms with Crippen LogP contribution in [0.2, 0.25) is 10.0 Å². The lowest BCUT2D eigenvalue weighted by molar-refractivity contribution is -0.135. The summed E-state index contributed by atoms with van der Waals surface area (Å²) in [7, 11) is -3.70. The molecular formula is C19H17Cl2FN2O5S. The van der Waals surface area contributed by atoms with E-state index in [2.05, 4.69) is 0 Å². The van der Waals surface area contributed by atoms with Crippen LogP contribution in [0.15, 0.2) is 47.4 Å². The Bertz CT molecular complexity index is 1060. The van der Waals surface area contributed by atoms with Crippen molar-refractivity contribution >= 4 is 45.1 Å². The highest BCUT2D eigenvalue weighted by Gasteiger charge is 2.30. The number of hydrogen-bond acceptors (Lipinski definition) is 5. The van der Waals surface area contributed by atoms with Gasteiger partial charge in [0.25, 0.3) is 5.91 Å². The van der Waals surface area contributed by atoms with E-state index in [0.717, 1.165) is 6.07 Å². The second kappa shape index (κ2) is 9.30. The number of carbonyl (C=O) groups is 2. The van der Waals surface area contributed by atoms with Gasteiger partial charge in [-0.25, -0.2) is 17.6 Å². The summed E-state index contributed by atoms with van der Waals surface area (Å²) in [6.45, 7) is -0.116. The van der Waals surface area contributed by atoms with E-state index in [1.807, 2.05) is 0 Å². The Kier molecular flexibility index (Phi) is 6.97. The van der Waals surface area contributed by atoms with Crippen LogP contribution in [0.25, 0.3) is 0 Å². The third kappa shape index (κ3) is 5.10. The summed E-state index contributed by atoms with van der Waals surface area (Å²) in [6.07, 6.45) is 0. The van der Waals surface area contributed by atoms with Crippen LogP contribution in [0, 0.1) is 5.82 Å². The molecule has 3 rings (SSSR count). The van der Waals surface area contributed by atoms with Crippen LogP contribution in [-0.2, 0) is 19.6 Å². The summed E-state index contributed by atoms with van der Waals surface area (Å²) < 4.78 is 45.2. The fraction of sp³-hybridized carbons (Fsp3) is 0.263. The molecule has 0 N–H and O–H groups in total. The number of amides is 1. The summed E-state index contributed by atoms with van der Waals surface area (Å²) in [5.74, 6) is -2.33. The van der Waals surface area contributed by atoms with Gasteiger partial charge in [0.15, 0.2) is 6.61 Å². The number of esters is 1. The molecule has 0 saturated carbocycles. The SMILES string of the molecule is O=C(OCC(=O)N1CCN(S(=O)(=O)c2ccc(Cl)cc2)CC1)c1ccc(Cl)cc1F. The normalized spacial score (nSPS) is 15.1. The topological polar surface area (TPSA) is 84.0 Å². The van der Waals surface area contributed by atoms with Gasteiger partial charge in [0.05, 0.1) is 10.5 Å². The molecule has 1 fully saturated rings. The molecule has 1 aliphatic rings. The smallest absolute Gasteiger partial charge is 0.341 e. The highest BCUT2D eigenvalue weighted by Crippen LogP contribution is 2.20. The number of rotatable bonds is 5. The van der Waals surface area contributed by atoms with Crippen molar-refractivity contribution in [2.45, 2.75) is 4.90 Å². The molecule has 1 saturated heterocycles. The van der Waals surface area contributed by atoms with E-state index >= 15 is 0 Å². The first-order valence-electron chi connectivity index (χ1n) is 8.84. The number of piperazine rings is 1. The van der Waals surface area contributed by atoms with E-state index in [1.165, 1.54) is 45.6 Å². The lowest BCUT2D eigenvalue weighted by Gasteiger charge is -2.33. The zero-order valence-electron chi connectivity index (χ0n) is 15.6. The maximum absolute atomic E-state index is 13.7. The Morgan fingerprint density at radius 2 is 1.57 bits per heavy atom. The number of ether oxygens (including phenoxy) is 1. The second-order valence-electron chi connectivity index (χ2n) is 6.44. The third-order valence-corrected chi connectivity index (χ3v) is 6.92. The van der Waals surface area contributed by atoms with Gasteiger partial charge in [-0.3, -0.25) is 4.79 Å². The van der Waals surface area contributed by atoms with Gasteiger partial charge < -0.3 is 9.64 Å². The average Bonchev–Trinajstić information content (AvgIpc) is 2.72. The standard InChI is InChI=1S/C19H17Cl2FN2O5S/c20-13-1-4-15(5-2-13)30(27,28)24-9-7-23(8-10-24)18(25)12-29-19(26)16-6-3-14(21)11-17(16)22/h1-6,11H,7-10,12H2. The van der Waals surface area contributed by atoms with E-state index in [9.17, 15) is 22.4 Å². The van der Waals surface area contributed by atoms with Crippen LogP contribution in [0.3, 0.4) is 0 Å². The van der Waals surface area contributed by atoms with Crippen molar-refractivity contribution < 1.29 is 27.1 Å². The quantitative estimate of drug-likeness (QED) is 0.622. The monoisotopic (exact) mass is 474 g/mol. The van der Waals surface area contributed by atoms with Crippen LogP contribution >= 0.6 is 23.2 Å². The first kappa shape index (κ1) is 22.5. The molecule has 1 aliphatic heterocycles. The summed E-state index contributed by atoms with van der Waals surface area (Å²) >= 11 is 11.4. The highest BCUT2D eigenvalue weighted by atomic mass is 35.5. The fourth-order valence-corrected chi connectivity index (χ4v) is 4.59. The molecule has 0 bridgehead atoms. The fourth-order valence-electron chi connectivity index (χ4n) is 2.88. The molecule has 0 aromatic heterocycles. The molecule has 160 valence electrons. The van der Waals surface area contributed by atoms with Crippen molar-refractivity contribution in [2.75, 3.05) is 32.8 Å². The number of sulfonamides is 1. The van der Waals surface area contributed by atoms with Crippen molar-refractivity contribution in [3.63, 3.8) is 0 Å². The molecule has 2 aromatic rings. The van der Waals surface area contributed by atoms with Gasteiger partial charge in [0.2, 0.25) is 10.0 Å². The van der Waals surface area contributed by atoms with Gasteiger partial charge in [-0.2, -0.15) is 4.31 Å². The van der Waals surface area contributed by atoms with Crippen LogP contribution in [0.1, 0.15) is 10.4 Å². The molecule has 2 aromatic carbocycles. The van der Waals surface area contributed by atoms with Crippen molar-refractivity contribution in [1.82, 2.24) is 9.21 Å². The number of nitrogens with zero attached hydrogens (tertiary/aromatic N) is 2. The molecule has 11 heteroatoms. The Hall–Kier alpha value is -2.20. The minimum atomic E-state index is -3.70. The molecule has 30 heavy (non-hydrogen) atoms. The van der Waals surface area contributed by atoms with Gasteiger partial charge in [0, 0.05) is 36.2 Å². The van der Waals surface area contributed by atoms with Gasteiger partial charge in [0.1, 0.15) is 5.82 Å². The molecule has 0 atom stereocenters. The Morgan fingerprint density at radius 1 is 0.967 bits per heavy atom. The average molecular weight is 475 g/mol. The molecule has 0 spiro atoms.